The van der Waals surface area contributed by atoms with Crippen molar-refractivity contribution in [2.45, 2.75) is 25.3 Å². The zero-order valence-electron chi connectivity index (χ0n) is 9.90. The number of nitrogens with one attached hydrogen (secondary N) is 1. The van der Waals surface area contributed by atoms with E-state index < -0.39 is 0 Å². The fourth-order valence-electron chi connectivity index (χ4n) is 2.32. The van der Waals surface area contributed by atoms with Crippen LogP contribution in [0.25, 0.3) is 11.1 Å². The van der Waals surface area contributed by atoms with Crippen molar-refractivity contribution in [2.75, 3.05) is 13.7 Å². The third-order valence-corrected chi connectivity index (χ3v) is 3.23. The van der Waals surface area contributed by atoms with Crippen LogP contribution in [0.2, 0.25) is 0 Å². The van der Waals surface area contributed by atoms with Crippen molar-refractivity contribution in [1.82, 2.24) is 10.3 Å². The average molecular weight is 232 g/mol. The Labute approximate surface area is 100.0 Å². The molecule has 1 aromatic heterocycles. The van der Waals surface area contributed by atoms with Gasteiger partial charge in [-0.3, -0.25) is 0 Å². The largest absolute Gasteiger partial charge is 0.494 e. The van der Waals surface area contributed by atoms with E-state index in [0.29, 0.717) is 0 Å². The molecule has 0 spiro atoms. The van der Waals surface area contributed by atoms with Crippen molar-refractivity contribution in [3.8, 4) is 5.75 Å². The molecule has 0 aliphatic carbocycles. The molecule has 90 valence electrons. The second-order valence-electron chi connectivity index (χ2n) is 4.36. The quantitative estimate of drug-likeness (QED) is 0.864. The minimum atomic E-state index is 0.251. The van der Waals surface area contributed by atoms with Crippen LogP contribution in [0.5, 0.6) is 5.75 Å². The molecule has 0 saturated carbocycles. The lowest BCUT2D eigenvalue weighted by molar-refractivity contribution is 0.347. The van der Waals surface area contributed by atoms with Crippen LogP contribution in [0.4, 0.5) is 0 Å². The third-order valence-electron chi connectivity index (χ3n) is 3.23. The van der Waals surface area contributed by atoms with E-state index in [-0.39, 0.29) is 6.04 Å². The summed E-state index contributed by atoms with van der Waals surface area (Å²) in [7, 11) is 1.65. The monoisotopic (exact) mass is 232 g/mol. The minimum absolute atomic E-state index is 0.251. The van der Waals surface area contributed by atoms with E-state index in [2.05, 4.69) is 10.3 Å². The van der Waals surface area contributed by atoms with Crippen LogP contribution in [0.1, 0.15) is 31.2 Å². The average Bonchev–Trinajstić information content (AvgIpc) is 2.83. The molecule has 1 fully saturated rings. The van der Waals surface area contributed by atoms with E-state index in [1.807, 2.05) is 18.2 Å². The van der Waals surface area contributed by atoms with Gasteiger partial charge < -0.3 is 14.5 Å². The van der Waals surface area contributed by atoms with Gasteiger partial charge in [-0.15, -0.1) is 0 Å². The number of oxazole rings is 1. The molecular weight excluding hydrogens is 216 g/mol. The molecule has 0 radical (unpaired) electrons. The third kappa shape index (κ3) is 1.89. The van der Waals surface area contributed by atoms with E-state index in [1.54, 1.807) is 7.11 Å². The first kappa shape index (κ1) is 10.6. The summed E-state index contributed by atoms with van der Waals surface area (Å²) in [5, 5.41) is 3.44. The Morgan fingerprint density at radius 2 is 2.35 bits per heavy atom. The molecule has 2 heterocycles. The lowest BCUT2D eigenvalue weighted by Crippen LogP contribution is -2.26. The lowest BCUT2D eigenvalue weighted by Gasteiger charge is -2.19. The van der Waals surface area contributed by atoms with Crippen LogP contribution >= 0.6 is 0 Å². The maximum Gasteiger partial charge on any atom is 0.212 e. The van der Waals surface area contributed by atoms with E-state index in [0.717, 1.165) is 35.7 Å². The van der Waals surface area contributed by atoms with Crippen molar-refractivity contribution in [2.24, 2.45) is 0 Å². The Morgan fingerprint density at radius 1 is 1.41 bits per heavy atom. The molecule has 1 N–H and O–H groups in total. The van der Waals surface area contributed by atoms with Crippen molar-refractivity contribution in [3.63, 3.8) is 0 Å². The van der Waals surface area contributed by atoms with Crippen molar-refractivity contribution < 1.29 is 9.15 Å². The highest BCUT2D eigenvalue weighted by Crippen LogP contribution is 2.30. The summed E-state index contributed by atoms with van der Waals surface area (Å²) in [6, 6.07) is 6.01. The molecule has 2 aromatic rings. The lowest BCUT2D eigenvalue weighted by atomic mass is 10.1. The molecule has 1 unspecified atom stereocenters. The highest BCUT2D eigenvalue weighted by Gasteiger charge is 2.21. The first-order valence-corrected chi connectivity index (χ1v) is 6.05. The summed E-state index contributed by atoms with van der Waals surface area (Å²) >= 11 is 0. The highest BCUT2D eigenvalue weighted by atomic mass is 16.5. The maximum absolute atomic E-state index is 5.80. The summed E-state index contributed by atoms with van der Waals surface area (Å²) in [6.45, 7) is 1.04. The van der Waals surface area contributed by atoms with E-state index >= 15 is 0 Å². The van der Waals surface area contributed by atoms with Crippen molar-refractivity contribution in [3.05, 3.63) is 24.1 Å². The summed E-state index contributed by atoms with van der Waals surface area (Å²) in [4.78, 5) is 4.55. The standard InChI is InChI=1S/C13H16N2O2/c1-16-10-6-4-7-11-12(10)15-13(17-11)9-5-2-3-8-14-9/h4,6-7,9,14H,2-3,5,8H2,1H3. The SMILES string of the molecule is COc1cccc2oc(C3CCCCN3)nc12. The number of nitrogens with zero attached hydrogens (tertiary/aromatic N) is 1. The molecule has 0 bridgehead atoms. The Bertz CT molecular complexity index is 515. The number of ether oxygens (including phenoxy) is 1. The number of hydrogen-bond donors (Lipinski definition) is 1. The summed E-state index contributed by atoms with van der Waals surface area (Å²) in [5.41, 5.74) is 1.61. The number of aromatic nitrogens is 1. The van der Waals surface area contributed by atoms with Gasteiger partial charge in [0.05, 0.1) is 13.2 Å². The van der Waals surface area contributed by atoms with Crippen LogP contribution in [0.15, 0.2) is 22.6 Å². The Morgan fingerprint density at radius 3 is 3.12 bits per heavy atom. The van der Waals surface area contributed by atoms with E-state index in [4.69, 9.17) is 9.15 Å². The molecule has 4 heteroatoms. The second kappa shape index (κ2) is 4.37. The fraction of sp³-hybridized carbons (Fsp3) is 0.462. The number of piperidine rings is 1. The zero-order valence-corrected chi connectivity index (χ0v) is 9.90. The van der Waals surface area contributed by atoms with Crippen molar-refractivity contribution in [1.29, 1.82) is 0 Å². The minimum Gasteiger partial charge on any atom is -0.494 e. The van der Waals surface area contributed by atoms with Crippen LogP contribution in [-0.2, 0) is 0 Å². The molecule has 0 amide bonds. The van der Waals surface area contributed by atoms with Gasteiger partial charge >= 0.3 is 0 Å². The second-order valence-corrected chi connectivity index (χ2v) is 4.36. The van der Waals surface area contributed by atoms with Crippen LogP contribution in [-0.4, -0.2) is 18.6 Å². The van der Waals surface area contributed by atoms with Crippen LogP contribution in [0, 0.1) is 0 Å². The topological polar surface area (TPSA) is 47.3 Å². The van der Waals surface area contributed by atoms with Gasteiger partial charge in [0.2, 0.25) is 5.89 Å². The molecule has 1 aromatic carbocycles. The fourth-order valence-corrected chi connectivity index (χ4v) is 2.32. The number of fused-ring (bicyclic) bond motifs is 1. The number of para-hydroxylation sites is 1. The molecule has 17 heavy (non-hydrogen) atoms. The van der Waals surface area contributed by atoms with Gasteiger partial charge in [0.15, 0.2) is 11.1 Å². The van der Waals surface area contributed by atoms with Gasteiger partial charge in [-0.1, -0.05) is 12.5 Å². The van der Waals surface area contributed by atoms with Gasteiger partial charge in [0.25, 0.3) is 0 Å². The Hall–Kier alpha value is -1.55. The molecule has 1 saturated heterocycles. The van der Waals surface area contributed by atoms with E-state index in [9.17, 15) is 0 Å². The van der Waals surface area contributed by atoms with Crippen molar-refractivity contribution >= 4 is 11.1 Å². The number of benzene rings is 1. The van der Waals surface area contributed by atoms with Crippen LogP contribution < -0.4 is 10.1 Å². The van der Waals surface area contributed by atoms with E-state index in [1.165, 1.54) is 12.8 Å². The maximum atomic E-state index is 5.80. The molecule has 1 aliphatic heterocycles. The zero-order chi connectivity index (χ0) is 11.7. The van der Waals surface area contributed by atoms with Gasteiger partial charge in [-0.2, -0.15) is 0 Å². The molecular formula is C13H16N2O2. The van der Waals surface area contributed by atoms with Crippen LogP contribution in [0.3, 0.4) is 0 Å². The molecule has 3 rings (SSSR count). The Balaban J connectivity index is 2.00. The normalized spacial score (nSPS) is 20.6. The first-order valence-electron chi connectivity index (χ1n) is 6.05. The molecule has 1 aliphatic rings. The summed E-state index contributed by atoms with van der Waals surface area (Å²) in [6.07, 6.45) is 3.56. The van der Waals surface area contributed by atoms with Gasteiger partial charge in [-0.25, -0.2) is 4.98 Å². The summed E-state index contributed by atoms with van der Waals surface area (Å²) < 4.78 is 11.1. The number of methoxy groups -OCH3 is 1. The molecule has 1 atom stereocenters. The number of hydrogen-bond acceptors (Lipinski definition) is 4. The predicted molar refractivity (Wildman–Crippen MR) is 65.2 cm³/mol. The number of rotatable bonds is 2. The van der Waals surface area contributed by atoms with Gasteiger partial charge in [-0.05, 0) is 31.5 Å². The van der Waals surface area contributed by atoms with Gasteiger partial charge in [0.1, 0.15) is 5.75 Å². The predicted octanol–water partition coefficient (Wildman–Crippen LogP) is 2.65. The van der Waals surface area contributed by atoms with Gasteiger partial charge in [0, 0.05) is 0 Å². The highest BCUT2D eigenvalue weighted by molar-refractivity contribution is 5.79. The smallest absolute Gasteiger partial charge is 0.212 e. The molecule has 4 nitrogen and oxygen atoms in total. The Kier molecular flexibility index (Phi) is 2.73. The summed E-state index contributed by atoms with van der Waals surface area (Å²) in [5.74, 6) is 1.55. The first-order chi connectivity index (χ1) is 8.38.